The highest BCUT2D eigenvalue weighted by molar-refractivity contribution is 8.16. The molecule has 4 aromatic rings. The average molecular weight is 481 g/mol. The molecule has 0 bridgehead atoms. The molecule has 1 aliphatic carbocycles. The van der Waals surface area contributed by atoms with Crippen molar-refractivity contribution in [1.82, 2.24) is 4.98 Å². The Kier molecular flexibility index (Phi) is 4.81. The van der Waals surface area contributed by atoms with Crippen LogP contribution in [0, 0.1) is 5.41 Å². The number of rotatable bonds is 3. The van der Waals surface area contributed by atoms with Gasteiger partial charge in [0.15, 0.2) is 0 Å². The molecule has 0 radical (unpaired) electrons. The Hall–Kier alpha value is -3.31. The molecular formula is C30H28N2O2S. The zero-order chi connectivity index (χ0) is 24.4. The van der Waals surface area contributed by atoms with E-state index in [9.17, 15) is 5.11 Å². The molecule has 1 aromatic heterocycles. The lowest BCUT2D eigenvalue weighted by Gasteiger charge is -2.45. The summed E-state index contributed by atoms with van der Waals surface area (Å²) < 4.78 is 6.07. The first-order valence-corrected chi connectivity index (χ1v) is 12.8. The van der Waals surface area contributed by atoms with Crippen LogP contribution in [-0.2, 0) is 12.0 Å². The molecule has 0 saturated carbocycles. The third-order valence-electron chi connectivity index (χ3n) is 7.35. The summed E-state index contributed by atoms with van der Waals surface area (Å²) in [6.45, 7) is 9.29. The molecule has 0 amide bonds. The fourth-order valence-corrected chi connectivity index (χ4v) is 7.64. The number of ether oxygens (including phenoxy) is 1. The molecule has 5 heteroatoms. The van der Waals surface area contributed by atoms with Crippen LogP contribution in [-0.4, -0.2) is 19.9 Å². The van der Waals surface area contributed by atoms with E-state index < -0.39 is 0 Å². The number of phenolic OH excluding ortho intramolecular Hbond substituents is 1. The number of phenols is 1. The summed E-state index contributed by atoms with van der Waals surface area (Å²) in [5.41, 5.74) is 3.99. The number of aromatic hydroxyl groups is 1. The number of hydrogen-bond acceptors (Lipinski definition) is 5. The van der Waals surface area contributed by atoms with Crippen molar-refractivity contribution in [2.45, 2.75) is 44.4 Å². The van der Waals surface area contributed by atoms with Gasteiger partial charge in [-0.15, -0.1) is 0 Å². The van der Waals surface area contributed by atoms with Crippen LogP contribution in [0.3, 0.4) is 0 Å². The third-order valence-corrected chi connectivity index (χ3v) is 8.76. The normalized spacial score (nSPS) is 23.1. The maximum Gasteiger partial charge on any atom is 0.219 e. The summed E-state index contributed by atoms with van der Waals surface area (Å²) in [5.74, 6) is 1.28. The van der Waals surface area contributed by atoms with Gasteiger partial charge in [0.2, 0.25) is 5.88 Å². The fraction of sp³-hybridized carbons (Fsp3) is 0.267. The smallest absolute Gasteiger partial charge is 0.219 e. The van der Waals surface area contributed by atoms with Crippen LogP contribution in [0.15, 0.2) is 83.9 Å². The Morgan fingerprint density at radius 1 is 0.943 bits per heavy atom. The number of benzene rings is 3. The lowest BCUT2D eigenvalue weighted by atomic mass is 9.66. The molecule has 35 heavy (non-hydrogen) atoms. The first kappa shape index (κ1) is 22.2. The number of nitrogens with zero attached hydrogens (tertiary/aromatic N) is 2. The van der Waals surface area contributed by atoms with Crippen molar-refractivity contribution in [2.75, 3.05) is 0 Å². The van der Waals surface area contributed by atoms with E-state index in [1.54, 1.807) is 6.07 Å². The number of aromatic nitrogens is 1. The Bertz CT molecular complexity index is 1510. The van der Waals surface area contributed by atoms with Gasteiger partial charge in [-0.05, 0) is 54.2 Å². The highest BCUT2D eigenvalue weighted by Gasteiger charge is 2.64. The number of hydrogen-bond donors (Lipinski definition) is 1. The molecule has 0 fully saturated rings. The molecule has 0 unspecified atom stereocenters. The van der Waals surface area contributed by atoms with Gasteiger partial charge in [0.25, 0.3) is 0 Å². The van der Waals surface area contributed by atoms with Gasteiger partial charge < -0.3 is 9.84 Å². The van der Waals surface area contributed by atoms with E-state index in [1.807, 2.05) is 54.2 Å². The minimum absolute atomic E-state index is 0.0474. The van der Waals surface area contributed by atoms with Gasteiger partial charge in [0.1, 0.15) is 22.6 Å². The lowest BCUT2D eigenvalue weighted by Crippen LogP contribution is -2.49. The molecule has 2 heterocycles. The molecule has 2 atom stereocenters. The first-order valence-electron chi connectivity index (χ1n) is 11.9. The maximum absolute atomic E-state index is 10.2. The quantitative estimate of drug-likeness (QED) is 0.330. The van der Waals surface area contributed by atoms with Gasteiger partial charge in [-0.1, -0.05) is 81.1 Å². The second kappa shape index (κ2) is 7.59. The molecule has 0 saturated heterocycles. The predicted molar refractivity (Wildman–Crippen MR) is 144 cm³/mol. The van der Waals surface area contributed by atoms with Crippen LogP contribution in [0.4, 0.5) is 0 Å². The van der Waals surface area contributed by atoms with E-state index in [2.05, 4.69) is 63.0 Å². The number of thioether (sulfide) groups is 1. The van der Waals surface area contributed by atoms with Gasteiger partial charge in [-0.25, -0.2) is 4.98 Å². The number of para-hydroxylation sites is 1. The Balaban J connectivity index is 1.39. The van der Waals surface area contributed by atoms with Crippen molar-refractivity contribution in [2.24, 2.45) is 10.4 Å². The van der Waals surface area contributed by atoms with E-state index in [4.69, 9.17) is 9.73 Å². The predicted octanol–water partition coefficient (Wildman–Crippen LogP) is 7.48. The summed E-state index contributed by atoms with van der Waals surface area (Å²) in [5, 5.41) is 12.1. The molecular weight excluding hydrogens is 452 g/mol. The van der Waals surface area contributed by atoms with Crippen molar-refractivity contribution in [3.63, 3.8) is 0 Å². The van der Waals surface area contributed by atoms with Crippen molar-refractivity contribution >= 4 is 27.7 Å². The van der Waals surface area contributed by atoms with Gasteiger partial charge in [0.05, 0.1) is 9.79 Å². The highest BCUT2D eigenvalue weighted by atomic mass is 32.2. The zero-order valence-corrected chi connectivity index (χ0v) is 21.2. The summed E-state index contributed by atoms with van der Waals surface area (Å²) in [4.78, 5) is 10.0. The van der Waals surface area contributed by atoms with Crippen LogP contribution in [0.5, 0.6) is 17.4 Å². The van der Waals surface area contributed by atoms with Crippen molar-refractivity contribution in [1.29, 1.82) is 0 Å². The van der Waals surface area contributed by atoms with Crippen LogP contribution >= 0.6 is 11.8 Å². The van der Waals surface area contributed by atoms with E-state index >= 15 is 0 Å². The number of aliphatic imine (C=N–C) groups is 1. The fourth-order valence-electron chi connectivity index (χ4n) is 5.95. The molecule has 1 N–H and O–H groups in total. The molecule has 0 spiro atoms. The molecule has 1 aliphatic heterocycles. The molecule has 3 aromatic carbocycles. The van der Waals surface area contributed by atoms with E-state index in [0.717, 1.165) is 22.4 Å². The summed E-state index contributed by atoms with van der Waals surface area (Å²) in [6.07, 6.45) is 0.999. The minimum atomic E-state index is -0.301. The monoisotopic (exact) mass is 480 g/mol. The largest absolute Gasteiger partial charge is 0.506 e. The second-order valence-electron chi connectivity index (χ2n) is 10.7. The van der Waals surface area contributed by atoms with Crippen molar-refractivity contribution in [3.05, 3.63) is 95.6 Å². The Labute approximate surface area is 210 Å². The third kappa shape index (κ3) is 3.29. The lowest BCUT2D eigenvalue weighted by molar-refractivity contribution is 0.162. The SMILES string of the molecule is CC(C)(C)[C@@]12N=C(c3cccc(Oc4ccc5cccc(O)c5n4)c3)S[C@]1(C)Cc1ccccc12. The van der Waals surface area contributed by atoms with Gasteiger partial charge in [0, 0.05) is 17.0 Å². The summed E-state index contributed by atoms with van der Waals surface area (Å²) >= 11 is 1.88. The summed E-state index contributed by atoms with van der Waals surface area (Å²) in [6, 6.07) is 26.0. The van der Waals surface area contributed by atoms with Crippen LogP contribution in [0.25, 0.3) is 10.9 Å². The van der Waals surface area contributed by atoms with Crippen LogP contribution < -0.4 is 4.74 Å². The van der Waals surface area contributed by atoms with Crippen LogP contribution in [0.1, 0.15) is 44.4 Å². The van der Waals surface area contributed by atoms with E-state index in [1.165, 1.54) is 11.1 Å². The first-order chi connectivity index (χ1) is 16.7. The van der Waals surface area contributed by atoms with Crippen molar-refractivity contribution in [3.8, 4) is 17.4 Å². The van der Waals surface area contributed by atoms with Gasteiger partial charge in [-0.2, -0.15) is 0 Å². The van der Waals surface area contributed by atoms with E-state index in [0.29, 0.717) is 17.1 Å². The molecule has 2 aliphatic rings. The zero-order valence-electron chi connectivity index (χ0n) is 20.4. The molecule has 176 valence electrons. The maximum atomic E-state index is 10.2. The molecule has 6 rings (SSSR count). The number of fused-ring (bicyclic) bond motifs is 4. The van der Waals surface area contributed by atoms with Gasteiger partial charge >= 0.3 is 0 Å². The molecule has 4 nitrogen and oxygen atoms in total. The van der Waals surface area contributed by atoms with Crippen molar-refractivity contribution < 1.29 is 9.84 Å². The van der Waals surface area contributed by atoms with Crippen LogP contribution in [0.2, 0.25) is 0 Å². The van der Waals surface area contributed by atoms with E-state index in [-0.39, 0.29) is 21.5 Å². The second-order valence-corrected chi connectivity index (χ2v) is 12.2. The topological polar surface area (TPSA) is 54.7 Å². The number of pyridine rings is 1. The van der Waals surface area contributed by atoms with Gasteiger partial charge in [-0.3, -0.25) is 4.99 Å². The Morgan fingerprint density at radius 3 is 2.57 bits per heavy atom. The Morgan fingerprint density at radius 2 is 1.74 bits per heavy atom. The summed E-state index contributed by atoms with van der Waals surface area (Å²) in [7, 11) is 0. The average Bonchev–Trinajstić information content (AvgIpc) is 3.27. The highest BCUT2D eigenvalue weighted by Crippen LogP contribution is 2.65. The minimum Gasteiger partial charge on any atom is -0.506 e. The standard InChI is InChI=1S/C30H28N2O2S/c1-28(2,3)30-23-13-6-5-9-21(23)18-29(30,4)35-27(32-30)20-11-7-12-22(17-20)34-25-16-15-19-10-8-14-24(33)26(19)31-25/h5-17,33H,18H2,1-4H3/t29-,30-/m1/s1.